The molecule has 0 fully saturated rings. The Morgan fingerprint density at radius 3 is 2.72 bits per heavy atom. The van der Waals surface area contributed by atoms with E-state index in [4.69, 9.17) is 20.3 Å². The second-order valence-electron chi connectivity index (χ2n) is 4.03. The van der Waals surface area contributed by atoms with Gasteiger partial charge in [-0.25, -0.2) is 4.39 Å². The third-order valence-corrected chi connectivity index (χ3v) is 2.74. The number of carboxylic acids is 1. The highest BCUT2D eigenvalue weighted by Gasteiger charge is 2.23. The molecule has 3 N–H and O–H groups in total. The highest BCUT2D eigenvalue weighted by molar-refractivity contribution is 5.66. The lowest BCUT2D eigenvalue weighted by Gasteiger charge is -2.23. The van der Waals surface area contributed by atoms with Gasteiger partial charge in [0.1, 0.15) is 13.2 Å². The van der Waals surface area contributed by atoms with E-state index < -0.39 is 17.8 Å². The van der Waals surface area contributed by atoms with Crippen LogP contribution in [0.5, 0.6) is 11.5 Å². The predicted molar refractivity (Wildman–Crippen MR) is 61.2 cm³/mol. The molecule has 98 valence electrons. The van der Waals surface area contributed by atoms with E-state index in [9.17, 15) is 9.18 Å². The van der Waals surface area contributed by atoms with Gasteiger partial charge < -0.3 is 20.3 Å². The van der Waals surface area contributed by atoms with E-state index in [2.05, 4.69) is 0 Å². The van der Waals surface area contributed by atoms with Crippen LogP contribution in [0.2, 0.25) is 0 Å². The quantitative estimate of drug-likeness (QED) is 0.851. The number of hydrogen-bond donors (Lipinski definition) is 2. The van der Waals surface area contributed by atoms with Crippen LogP contribution < -0.4 is 15.2 Å². The van der Waals surface area contributed by atoms with Gasteiger partial charge in [0.05, 0.1) is 0 Å². The largest absolute Gasteiger partial charge is 0.486 e. The Hall–Kier alpha value is -1.82. The molecule has 0 saturated heterocycles. The van der Waals surface area contributed by atoms with Gasteiger partial charge in [-0.1, -0.05) is 6.07 Å². The molecule has 1 unspecified atom stereocenters. The van der Waals surface area contributed by atoms with Crippen LogP contribution in [-0.4, -0.2) is 24.3 Å². The zero-order valence-electron chi connectivity index (χ0n) is 9.69. The van der Waals surface area contributed by atoms with Crippen LogP contribution in [-0.2, 0) is 4.79 Å². The van der Waals surface area contributed by atoms with Gasteiger partial charge in [-0.3, -0.25) is 4.79 Å². The zero-order chi connectivity index (χ0) is 13.1. The molecule has 0 aromatic heterocycles. The van der Waals surface area contributed by atoms with Crippen molar-refractivity contribution in [3.63, 3.8) is 0 Å². The van der Waals surface area contributed by atoms with Gasteiger partial charge in [0.2, 0.25) is 0 Å². The molecule has 0 saturated carbocycles. The van der Waals surface area contributed by atoms with E-state index in [-0.39, 0.29) is 25.2 Å². The molecule has 0 radical (unpaired) electrons. The van der Waals surface area contributed by atoms with Gasteiger partial charge in [0.25, 0.3) is 0 Å². The highest BCUT2D eigenvalue weighted by Crippen LogP contribution is 2.39. The fourth-order valence-electron chi connectivity index (χ4n) is 1.85. The van der Waals surface area contributed by atoms with Crippen LogP contribution in [0.1, 0.15) is 24.4 Å². The number of fused-ring (bicyclic) bond motifs is 1. The summed E-state index contributed by atoms with van der Waals surface area (Å²) in [5, 5.41) is 8.62. The fourth-order valence-corrected chi connectivity index (χ4v) is 1.85. The van der Waals surface area contributed by atoms with E-state index in [0.717, 1.165) is 0 Å². The van der Waals surface area contributed by atoms with E-state index in [1.165, 1.54) is 12.1 Å². The minimum Gasteiger partial charge on any atom is -0.486 e. The first-order valence-corrected chi connectivity index (χ1v) is 5.65. The minimum absolute atomic E-state index is 0.0474. The summed E-state index contributed by atoms with van der Waals surface area (Å²) in [4.78, 5) is 10.5. The number of carbonyl (C=O) groups is 1. The summed E-state index contributed by atoms with van der Waals surface area (Å²) in [6.45, 7) is 0.618. The van der Waals surface area contributed by atoms with Crippen LogP contribution in [0, 0.1) is 5.82 Å². The Morgan fingerprint density at radius 1 is 1.39 bits per heavy atom. The third kappa shape index (κ3) is 2.53. The number of nitrogens with two attached hydrogens (primary N) is 1. The number of ether oxygens (including phenoxy) is 2. The molecule has 0 aliphatic carbocycles. The van der Waals surface area contributed by atoms with Crippen LogP contribution in [0.25, 0.3) is 0 Å². The van der Waals surface area contributed by atoms with E-state index in [0.29, 0.717) is 17.9 Å². The summed E-state index contributed by atoms with van der Waals surface area (Å²) in [6.07, 6.45) is 0.213. The Bertz CT molecular complexity index is 464. The average Bonchev–Trinajstić information content (AvgIpc) is 2.37. The van der Waals surface area contributed by atoms with Gasteiger partial charge >= 0.3 is 5.97 Å². The monoisotopic (exact) mass is 255 g/mol. The maximum atomic E-state index is 13.5. The Labute approximate surface area is 103 Å². The molecule has 1 aromatic rings. The second-order valence-corrected chi connectivity index (χ2v) is 4.03. The molecule has 1 heterocycles. The lowest BCUT2D eigenvalue weighted by molar-refractivity contribution is -0.137. The molecule has 2 rings (SSSR count). The van der Waals surface area contributed by atoms with Crippen molar-refractivity contribution in [3.05, 3.63) is 23.5 Å². The number of halogens is 1. The summed E-state index contributed by atoms with van der Waals surface area (Å²) >= 11 is 0. The molecular weight excluding hydrogens is 241 g/mol. The molecule has 5 nitrogen and oxygen atoms in total. The maximum Gasteiger partial charge on any atom is 0.303 e. The zero-order valence-corrected chi connectivity index (χ0v) is 9.69. The standard InChI is InChI=1S/C12H14FNO4/c13-8-2-1-7(9(14)3-4-10(15)16)11-12(8)18-6-5-17-11/h1-2,9H,3-6,14H2,(H,15,16). The Balaban J connectivity index is 2.25. The van der Waals surface area contributed by atoms with Crippen molar-refractivity contribution >= 4 is 5.97 Å². The van der Waals surface area contributed by atoms with Gasteiger partial charge in [-0.15, -0.1) is 0 Å². The summed E-state index contributed by atoms with van der Waals surface area (Å²) in [6, 6.07) is 2.25. The van der Waals surface area contributed by atoms with Crippen LogP contribution in [0.15, 0.2) is 12.1 Å². The molecule has 1 aliphatic heterocycles. The second kappa shape index (κ2) is 5.22. The van der Waals surface area contributed by atoms with Crippen LogP contribution >= 0.6 is 0 Å². The van der Waals surface area contributed by atoms with Gasteiger partial charge in [-0.2, -0.15) is 0 Å². The number of rotatable bonds is 4. The van der Waals surface area contributed by atoms with Crippen molar-refractivity contribution in [2.75, 3.05) is 13.2 Å². The molecule has 1 atom stereocenters. The van der Waals surface area contributed by atoms with Crippen molar-refractivity contribution < 1.29 is 23.8 Å². The molecule has 18 heavy (non-hydrogen) atoms. The van der Waals surface area contributed by atoms with Crippen molar-refractivity contribution in [1.29, 1.82) is 0 Å². The molecular formula is C12H14FNO4. The number of aliphatic carboxylic acids is 1. The summed E-state index contributed by atoms with van der Waals surface area (Å²) < 4.78 is 24.1. The first-order chi connectivity index (χ1) is 8.59. The van der Waals surface area contributed by atoms with Gasteiger partial charge in [0.15, 0.2) is 17.3 Å². The number of hydrogen-bond acceptors (Lipinski definition) is 4. The van der Waals surface area contributed by atoms with E-state index in [1.54, 1.807) is 0 Å². The molecule has 0 spiro atoms. The number of benzene rings is 1. The lowest BCUT2D eigenvalue weighted by Crippen LogP contribution is -2.20. The fraction of sp³-hybridized carbons (Fsp3) is 0.417. The molecule has 6 heteroatoms. The predicted octanol–water partition coefficient (Wildman–Crippen LogP) is 1.46. The number of carboxylic acid groups (broad SMARTS) is 1. The maximum absolute atomic E-state index is 13.5. The first kappa shape index (κ1) is 12.6. The van der Waals surface area contributed by atoms with Crippen molar-refractivity contribution in [2.45, 2.75) is 18.9 Å². The van der Waals surface area contributed by atoms with Crippen LogP contribution in [0.4, 0.5) is 4.39 Å². The lowest BCUT2D eigenvalue weighted by atomic mass is 10.0. The summed E-state index contributed by atoms with van der Waals surface area (Å²) in [5.74, 6) is -1.07. The normalized spacial score (nSPS) is 15.2. The Kier molecular flexibility index (Phi) is 3.66. The smallest absolute Gasteiger partial charge is 0.303 e. The topological polar surface area (TPSA) is 81.8 Å². The molecule has 1 aliphatic rings. The van der Waals surface area contributed by atoms with Gasteiger partial charge in [-0.05, 0) is 12.5 Å². The van der Waals surface area contributed by atoms with E-state index >= 15 is 0 Å². The summed E-state index contributed by atoms with van der Waals surface area (Å²) in [5.41, 5.74) is 6.47. The van der Waals surface area contributed by atoms with Crippen molar-refractivity contribution in [1.82, 2.24) is 0 Å². The average molecular weight is 255 g/mol. The van der Waals surface area contributed by atoms with E-state index in [1.807, 2.05) is 0 Å². The third-order valence-electron chi connectivity index (χ3n) is 2.74. The minimum atomic E-state index is -0.918. The molecule has 1 aromatic carbocycles. The first-order valence-electron chi connectivity index (χ1n) is 5.65. The van der Waals surface area contributed by atoms with Crippen LogP contribution in [0.3, 0.4) is 0 Å². The highest BCUT2D eigenvalue weighted by atomic mass is 19.1. The van der Waals surface area contributed by atoms with Crippen molar-refractivity contribution in [3.8, 4) is 11.5 Å². The SMILES string of the molecule is NC(CCC(=O)O)c1ccc(F)c2c1OCCO2. The van der Waals surface area contributed by atoms with Crippen molar-refractivity contribution in [2.24, 2.45) is 5.73 Å². The molecule has 0 bridgehead atoms. The Morgan fingerprint density at radius 2 is 2.06 bits per heavy atom. The molecule has 0 amide bonds. The van der Waals surface area contributed by atoms with Gasteiger partial charge in [0, 0.05) is 18.0 Å². The summed E-state index contributed by atoms with van der Waals surface area (Å²) in [7, 11) is 0.